The van der Waals surface area contributed by atoms with Crippen LogP contribution in [0.3, 0.4) is 0 Å². The lowest BCUT2D eigenvalue weighted by Gasteiger charge is -2.11. The van der Waals surface area contributed by atoms with Gasteiger partial charge in [0, 0.05) is 5.56 Å². The third kappa shape index (κ3) is 3.47. The second kappa shape index (κ2) is 6.51. The van der Waals surface area contributed by atoms with Crippen LogP contribution in [0.1, 0.15) is 15.2 Å². The molecule has 1 heterocycles. The number of halogens is 2. The summed E-state index contributed by atoms with van der Waals surface area (Å²) in [5, 5.41) is 9.46. The molecule has 2 rings (SSSR count). The van der Waals surface area contributed by atoms with Gasteiger partial charge in [-0.15, -0.1) is 11.3 Å². The molecule has 1 unspecified atom stereocenters. The first-order valence-electron chi connectivity index (χ1n) is 5.40. The van der Waals surface area contributed by atoms with Gasteiger partial charge in [0.25, 0.3) is 0 Å². The van der Waals surface area contributed by atoms with Gasteiger partial charge in [-0.2, -0.15) is 0 Å². The van der Waals surface area contributed by atoms with Crippen molar-refractivity contribution >= 4 is 54.9 Å². The van der Waals surface area contributed by atoms with Crippen LogP contribution in [0, 0.1) is 0 Å². The van der Waals surface area contributed by atoms with Crippen LogP contribution in [-0.4, -0.2) is 21.9 Å². The number of carboxylic acids is 1. The van der Waals surface area contributed by atoms with E-state index in [0.29, 0.717) is 20.7 Å². The van der Waals surface area contributed by atoms with Gasteiger partial charge in [0.1, 0.15) is 5.75 Å². The predicted molar refractivity (Wildman–Crippen MR) is 82.9 cm³/mol. The van der Waals surface area contributed by atoms with Gasteiger partial charge in [0.05, 0.1) is 9.35 Å². The van der Waals surface area contributed by atoms with Gasteiger partial charge in [-0.25, -0.2) is 4.79 Å². The molecule has 0 aliphatic carbocycles. The number of rotatable bonds is 5. The molecule has 104 valence electrons. The molecule has 0 radical (unpaired) electrons. The summed E-state index contributed by atoms with van der Waals surface area (Å²) in [7, 11) is 0. The summed E-state index contributed by atoms with van der Waals surface area (Å²) in [5.74, 6) is -0.867. The smallest absolute Gasteiger partial charge is 0.356 e. The summed E-state index contributed by atoms with van der Waals surface area (Å²) in [5.41, 5.74) is 0.508. The van der Waals surface area contributed by atoms with Crippen molar-refractivity contribution in [2.75, 3.05) is 0 Å². The van der Waals surface area contributed by atoms with Crippen molar-refractivity contribution in [2.24, 2.45) is 0 Å². The van der Waals surface area contributed by atoms with E-state index in [1.807, 2.05) is 11.4 Å². The summed E-state index contributed by atoms with van der Waals surface area (Å²) in [4.78, 5) is 23.5. The molecule has 2 aromatic rings. The van der Waals surface area contributed by atoms with Crippen LogP contribution in [0.5, 0.6) is 5.75 Å². The predicted octanol–water partition coefficient (Wildman–Crippen LogP) is 3.93. The number of carbonyl (C=O) groups excluding carboxylic acids is 1. The van der Waals surface area contributed by atoms with Crippen LogP contribution in [0.25, 0.3) is 0 Å². The Balaban J connectivity index is 2.22. The Morgan fingerprint density at radius 3 is 2.60 bits per heavy atom. The highest BCUT2D eigenvalue weighted by atomic mass is 79.9. The Morgan fingerprint density at radius 2 is 2.05 bits per heavy atom. The summed E-state index contributed by atoms with van der Waals surface area (Å²) >= 11 is 7.52. The van der Waals surface area contributed by atoms with Gasteiger partial charge < -0.3 is 9.84 Å². The van der Waals surface area contributed by atoms with E-state index >= 15 is 0 Å². The molecule has 0 aliphatic heterocycles. The van der Waals surface area contributed by atoms with E-state index in [0.717, 1.165) is 0 Å². The van der Waals surface area contributed by atoms with E-state index in [-0.39, 0.29) is 5.78 Å². The Kier molecular flexibility index (Phi) is 4.95. The molecular weight excluding hydrogens is 412 g/mol. The van der Waals surface area contributed by atoms with Gasteiger partial charge in [0.15, 0.2) is 0 Å². The maximum Gasteiger partial charge on any atom is 0.356 e. The van der Waals surface area contributed by atoms with E-state index < -0.39 is 11.0 Å². The van der Waals surface area contributed by atoms with E-state index in [1.54, 1.807) is 24.3 Å². The third-order valence-electron chi connectivity index (χ3n) is 2.36. The van der Waals surface area contributed by atoms with Crippen molar-refractivity contribution in [1.82, 2.24) is 0 Å². The lowest BCUT2D eigenvalue weighted by atomic mass is 10.1. The summed E-state index contributed by atoms with van der Waals surface area (Å²) in [6, 6.07) is 8.34. The fourth-order valence-corrected chi connectivity index (χ4v) is 2.81. The highest BCUT2D eigenvalue weighted by Crippen LogP contribution is 2.29. The first-order valence-corrected chi connectivity index (χ1v) is 7.99. The second-order valence-electron chi connectivity index (χ2n) is 3.72. The van der Waals surface area contributed by atoms with Gasteiger partial charge in [-0.1, -0.05) is 6.07 Å². The van der Waals surface area contributed by atoms with E-state index in [4.69, 9.17) is 9.84 Å². The molecule has 7 heteroatoms. The molecule has 0 spiro atoms. The monoisotopic (exact) mass is 418 g/mol. The zero-order valence-corrected chi connectivity index (χ0v) is 13.9. The lowest BCUT2D eigenvalue weighted by Crippen LogP contribution is -2.19. The van der Waals surface area contributed by atoms with Crippen molar-refractivity contribution in [3.8, 4) is 5.75 Å². The number of hydrogen-bond donors (Lipinski definition) is 1. The molecule has 1 atom stereocenters. The fourth-order valence-electron chi connectivity index (χ4n) is 1.45. The average molecular weight is 420 g/mol. The minimum absolute atomic E-state index is 0.0825. The maximum atomic E-state index is 12.1. The quantitative estimate of drug-likeness (QED) is 0.589. The van der Waals surface area contributed by atoms with Crippen molar-refractivity contribution in [2.45, 2.75) is 5.01 Å². The Hall–Kier alpha value is -1.18. The van der Waals surface area contributed by atoms with Crippen LogP contribution >= 0.6 is 43.2 Å². The Morgan fingerprint density at radius 1 is 1.30 bits per heavy atom. The van der Waals surface area contributed by atoms with Gasteiger partial charge in [0.2, 0.25) is 10.8 Å². The van der Waals surface area contributed by atoms with Crippen molar-refractivity contribution < 1.29 is 19.4 Å². The highest BCUT2D eigenvalue weighted by Gasteiger charge is 2.17. The molecule has 0 amide bonds. The Bertz CT molecular complexity index is 640. The van der Waals surface area contributed by atoms with Crippen molar-refractivity contribution in [3.05, 3.63) is 50.6 Å². The van der Waals surface area contributed by atoms with Gasteiger partial charge >= 0.3 is 5.97 Å². The summed E-state index contributed by atoms with van der Waals surface area (Å²) < 4.78 is 5.71. The molecule has 1 N–H and O–H groups in total. The lowest BCUT2D eigenvalue weighted by molar-refractivity contribution is -0.140. The molecule has 4 nitrogen and oxygen atoms in total. The average Bonchev–Trinajstić information content (AvgIpc) is 2.94. The van der Waals surface area contributed by atoms with Gasteiger partial charge in [-0.05, 0) is 61.5 Å². The number of alkyl halides is 1. The molecule has 1 aromatic carbocycles. The number of ether oxygens (including phenoxy) is 1. The molecule has 1 aromatic heterocycles. The van der Waals surface area contributed by atoms with E-state index in [1.165, 1.54) is 11.3 Å². The summed E-state index contributed by atoms with van der Waals surface area (Å²) in [6.45, 7) is 0. The summed E-state index contributed by atoms with van der Waals surface area (Å²) in [6.07, 6.45) is 0. The number of thiophene rings is 1. The van der Waals surface area contributed by atoms with Crippen LogP contribution in [-0.2, 0) is 4.79 Å². The molecule has 0 saturated carbocycles. The van der Waals surface area contributed by atoms with E-state index in [9.17, 15) is 9.59 Å². The molecule has 0 bridgehead atoms. The number of aliphatic carboxylic acids is 1. The van der Waals surface area contributed by atoms with Gasteiger partial charge in [-0.3, -0.25) is 4.79 Å². The highest BCUT2D eigenvalue weighted by molar-refractivity contribution is 9.10. The number of benzene rings is 1. The molecular formula is C13H8Br2O4S. The van der Waals surface area contributed by atoms with Crippen molar-refractivity contribution in [1.29, 1.82) is 0 Å². The van der Waals surface area contributed by atoms with Crippen LogP contribution in [0.2, 0.25) is 0 Å². The zero-order chi connectivity index (χ0) is 14.7. The largest absolute Gasteiger partial charge is 0.478 e. The first kappa shape index (κ1) is 15.2. The maximum absolute atomic E-state index is 12.1. The fraction of sp³-hybridized carbons (Fsp3) is 0.0769. The van der Waals surface area contributed by atoms with Crippen LogP contribution in [0.4, 0.5) is 0 Å². The third-order valence-corrected chi connectivity index (χ3v) is 4.43. The molecule has 0 fully saturated rings. The number of carbonyl (C=O) groups is 2. The standard InChI is InChI=1S/C13H8Br2O4S/c14-8-6-7(11(16)10-2-1-5-20-10)3-4-9(8)19-12(15)13(17)18/h1-6,12H,(H,17,18). The molecule has 20 heavy (non-hydrogen) atoms. The zero-order valence-electron chi connectivity index (χ0n) is 9.88. The Labute approximate surface area is 135 Å². The normalized spacial score (nSPS) is 11.9. The minimum Gasteiger partial charge on any atom is -0.478 e. The second-order valence-corrected chi connectivity index (χ2v) is 6.36. The number of ketones is 1. The molecule has 0 saturated heterocycles. The molecule has 0 aliphatic rings. The van der Waals surface area contributed by atoms with Crippen LogP contribution in [0.15, 0.2) is 40.2 Å². The van der Waals surface area contributed by atoms with E-state index in [2.05, 4.69) is 31.9 Å². The van der Waals surface area contributed by atoms with Crippen LogP contribution < -0.4 is 4.74 Å². The topological polar surface area (TPSA) is 63.6 Å². The minimum atomic E-state index is -1.14. The SMILES string of the molecule is O=C(c1ccc(OC(Br)C(=O)O)c(Br)c1)c1cccs1. The van der Waals surface area contributed by atoms with Crippen molar-refractivity contribution in [3.63, 3.8) is 0 Å². The number of hydrogen-bond acceptors (Lipinski definition) is 4. The first-order chi connectivity index (χ1) is 9.49. The number of carboxylic acid groups (broad SMARTS) is 1.